The van der Waals surface area contributed by atoms with E-state index >= 15 is 0 Å². The molecule has 3 aliphatic rings. The molecule has 6 nitrogen and oxygen atoms in total. The number of nitrogens with zero attached hydrogens (tertiary/aromatic N) is 1. The van der Waals surface area contributed by atoms with Crippen LogP contribution in [0.3, 0.4) is 0 Å². The fourth-order valence-electron chi connectivity index (χ4n) is 4.49. The molecule has 3 fully saturated rings. The number of hydrogen-bond donors (Lipinski definition) is 1. The van der Waals surface area contributed by atoms with E-state index in [1.807, 2.05) is 11.8 Å². The van der Waals surface area contributed by atoms with Gasteiger partial charge in [0.25, 0.3) is 0 Å². The van der Waals surface area contributed by atoms with Crippen LogP contribution in [0.2, 0.25) is 5.02 Å². The topological polar surface area (TPSA) is 67.9 Å². The number of likely N-dealkylation sites (tertiary alicyclic amines) is 1. The van der Waals surface area contributed by atoms with Crippen molar-refractivity contribution in [2.75, 3.05) is 19.7 Å². The molecule has 0 aromatic heterocycles. The van der Waals surface area contributed by atoms with Gasteiger partial charge in [-0.05, 0) is 56.7 Å². The number of ether oxygens (including phenoxy) is 2. The quantitative estimate of drug-likeness (QED) is 0.826. The first kappa shape index (κ1) is 19.3. The molecule has 1 saturated carbocycles. The van der Waals surface area contributed by atoms with Crippen molar-refractivity contribution in [3.8, 4) is 5.75 Å². The van der Waals surface area contributed by atoms with Gasteiger partial charge in [-0.25, -0.2) is 9.18 Å². The van der Waals surface area contributed by atoms with Gasteiger partial charge in [0, 0.05) is 24.0 Å². The van der Waals surface area contributed by atoms with Gasteiger partial charge in [0.1, 0.15) is 6.61 Å². The summed E-state index contributed by atoms with van der Waals surface area (Å²) >= 11 is 5.78. The Bertz CT molecular complexity index is 775. The zero-order valence-corrected chi connectivity index (χ0v) is 16.5. The fraction of sp³-hybridized carbons (Fsp3) is 0.600. The molecule has 2 saturated heterocycles. The predicted molar refractivity (Wildman–Crippen MR) is 101 cm³/mol. The molecule has 1 aromatic rings. The van der Waals surface area contributed by atoms with Gasteiger partial charge in [-0.1, -0.05) is 11.6 Å². The smallest absolute Gasteiger partial charge is 0.407 e. The van der Waals surface area contributed by atoms with Crippen LogP contribution in [-0.4, -0.2) is 48.2 Å². The lowest BCUT2D eigenvalue weighted by Gasteiger charge is -2.45. The van der Waals surface area contributed by atoms with E-state index in [9.17, 15) is 14.0 Å². The Morgan fingerprint density at radius 2 is 2.11 bits per heavy atom. The van der Waals surface area contributed by atoms with Crippen LogP contribution in [-0.2, 0) is 9.53 Å². The third-order valence-corrected chi connectivity index (χ3v) is 6.43. The summed E-state index contributed by atoms with van der Waals surface area (Å²) in [6, 6.07) is 4.40. The SMILES string of the molecule is CC(Oc1ccc(Cl)cc1F)C1CCN(C(=O)[C@H]2C[C@]3(COC(=O)N3)C2)CC1. The Balaban J connectivity index is 1.25. The monoisotopic (exact) mass is 410 g/mol. The number of carbonyl (C=O) groups is 2. The standard InChI is InChI=1S/C20H24ClFN2O4/c1-12(28-17-3-2-15(21)8-16(17)22)13-4-6-24(7-5-13)18(25)14-9-20(10-14)11-27-19(26)23-20/h2-3,8,12-14H,4-7,9-11H2,1H3,(H,23,26)/t12?,14-,20+. The first-order chi connectivity index (χ1) is 13.3. The summed E-state index contributed by atoms with van der Waals surface area (Å²) in [6.45, 7) is 3.64. The van der Waals surface area contributed by atoms with Gasteiger partial charge in [0.2, 0.25) is 5.91 Å². The fourth-order valence-corrected chi connectivity index (χ4v) is 4.64. The predicted octanol–water partition coefficient (Wildman–Crippen LogP) is 3.37. The number of halogens is 2. The zero-order chi connectivity index (χ0) is 19.9. The summed E-state index contributed by atoms with van der Waals surface area (Å²) in [5.41, 5.74) is -0.333. The third kappa shape index (κ3) is 3.77. The van der Waals surface area contributed by atoms with E-state index in [1.54, 1.807) is 12.1 Å². The van der Waals surface area contributed by atoms with Gasteiger partial charge in [0.15, 0.2) is 11.6 Å². The Hall–Kier alpha value is -2.02. The lowest BCUT2D eigenvalue weighted by molar-refractivity contribution is -0.143. The summed E-state index contributed by atoms with van der Waals surface area (Å²) in [4.78, 5) is 25.9. The van der Waals surface area contributed by atoms with E-state index < -0.39 is 11.9 Å². The Kier molecular flexibility index (Phi) is 5.12. The maximum atomic E-state index is 13.9. The molecular weight excluding hydrogens is 387 g/mol. The van der Waals surface area contributed by atoms with E-state index in [4.69, 9.17) is 21.1 Å². The number of benzene rings is 1. The van der Waals surface area contributed by atoms with E-state index in [-0.39, 0.29) is 35.1 Å². The van der Waals surface area contributed by atoms with Gasteiger partial charge >= 0.3 is 6.09 Å². The van der Waals surface area contributed by atoms with E-state index in [0.29, 0.717) is 37.6 Å². The van der Waals surface area contributed by atoms with Crippen LogP contribution in [0.15, 0.2) is 18.2 Å². The van der Waals surface area contributed by atoms with Crippen LogP contribution in [0.5, 0.6) is 5.75 Å². The molecule has 1 spiro atoms. The highest BCUT2D eigenvalue weighted by molar-refractivity contribution is 6.30. The molecule has 1 aliphatic carbocycles. The maximum Gasteiger partial charge on any atom is 0.407 e. The number of hydrogen-bond acceptors (Lipinski definition) is 4. The first-order valence-electron chi connectivity index (χ1n) is 9.71. The third-order valence-electron chi connectivity index (χ3n) is 6.19. The number of cyclic esters (lactones) is 1. The Morgan fingerprint density at radius 3 is 2.71 bits per heavy atom. The lowest BCUT2D eigenvalue weighted by Crippen LogP contribution is -2.58. The molecule has 28 heavy (non-hydrogen) atoms. The molecule has 1 unspecified atom stereocenters. The minimum Gasteiger partial charge on any atom is -0.487 e. The van der Waals surface area contributed by atoms with Gasteiger partial charge < -0.3 is 19.7 Å². The van der Waals surface area contributed by atoms with Crippen molar-refractivity contribution in [3.63, 3.8) is 0 Å². The van der Waals surface area contributed by atoms with Crippen molar-refractivity contribution < 1.29 is 23.5 Å². The van der Waals surface area contributed by atoms with Gasteiger partial charge in [0.05, 0.1) is 11.6 Å². The molecule has 152 valence electrons. The van der Waals surface area contributed by atoms with Crippen molar-refractivity contribution in [2.24, 2.45) is 11.8 Å². The van der Waals surface area contributed by atoms with Gasteiger partial charge in [-0.3, -0.25) is 4.79 Å². The van der Waals surface area contributed by atoms with Crippen molar-refractivity contribution in [3.05, 3.63) is 29.0 Å². The largest absolute Gasteiger partial charge is 0.487 e. The van der Waals surface area contributed by atoms with Crippen molar-refractivity contribution in [2.45, 2.75) is 44.2 Å². The van der Waals surface area contributed by atoms with E-state index in [1.165, 1.54) is 6.07 Å². The Labute approximate surface area is 168 Å². The molecule has 2 aliphatic heterocycles. The van der Waals surface area contributed by atoms with Crippen LogP contribution in [0, 0.1) is 17.7 Å². The number of amides is 2. The highest BCUT2D eigenvalue weighted by atomic mass is 35.5. The van der Waals surface area contributed by atoms with Gasteiger partial charge in [-0.15, -0.1) is 0 Å². The number of rotatable bonds is 4. The summed E-state index contributed by atoms with van der Waals surface area (Å²) < 4.78 is 24.7. The molecule has 0 radical (unpaired) electrons. The average Bonchev–Trinajstić information content (AvgIpc) is 3.04. The Morgan fingerprint density at radius 1 is 1.39 bits per heavy atom. The summed E-state index contributed by atoms with van der Waals surface area (Å²) in [5.74, 6) is 0.108. The average molecular weight is 411 g/mol. The molecule has 0 bridgehead atoms. The molecular formula is C20H24ClFN2O4. The van der Waals surface area contributed by atoms with Crippen LogP contribution in [0.1, 0.15) is 32.6 Å². The normalized spacial score (nSPS) is 28.5. The van der Waals surface area contributed by atoms with Gasteiger partial charge in [-0.2, -0.15) is 0 Å². The second-order valence-electron chi connectivity index (χ2n) is 8.15. The zero-order valence-electron chi connectivity index (χ0n) is 15.7. The second-order valence-corrected chi connectivity index (χ2v) is 8.58. The molecule has 2 amide bonds. The van der Waals surface area contributed by atoms with Crippen LogP contribution in [0.4, 0.5) is 9.18 Å². The van der Waals surface area contributed by atoms with E-state index in [0.717, 1.165) is 12.8 Å². The highest BCUT2D eigenvalue weighted by Gasteiger charge is 2.53. The van der Waals surface area contributed by atoms with E-state index in [2.05, 4.69) is 5.32 Å². The number of carbonyl (C=O) groups excluding carboxylic acids is 2. The molecule has 2 heterocycles. The van der Waals surface area contributed by atoms with Crippen molar-refractivity contribution in [1.82, 2.24) is 10.2 Å². The molecule has 8 heteroatoms. The molecule has 1 aromatic carbocycles. The first-order valence-corrected chi connectivity index (χ1v) is 10.1. The molecule has 1 N–H and O–H groups in total. The summed E-state index contributed by atoms with van der Waals surface area (Å²) in [7, 11) is 0. The number of piperidine rings is 1. The highest BCUT2D eigenvalue weighted by Crippen LogP contribution is 2.42. The summed E-state index contributed by atoms with van der Waals surface area (Å²) in [5, 5.41) is 3.16. The molecule has 1 atom stereocenters. The number of nitrogens with one attached hydrogen (secondary N) is 1. The van der Waals surface area contributed by atoms with Crippen LogP contribution < -0.4 is 10.1 Å². The van der Waals surface area contributed by atoms with Crippen molar-refractivity contribution in [1.29, 1.82) is 0 Å². The van der Waals surface area contributed by atoms with Crippen LogP contribution in [0.25, 0.3) is 0 Å². The number of alkyl carbamates (subject to hydrolysis) is 1. The van der Waals surface area contributed by atoms with Crippen LogP contribution >= 0.6 is 11.6 Å². The molecule has 4 rings (SSSR count). The lowest BCUT2D eigenvalue weighted by atomic mass is 9.68. The minimum absolute atomic E-state index is 0.0459. The second kappa shape index (κ2) is 7.43. The summed E-state index contributed by atoms with van der Waals surface area (Å²) in [6.07, 6.45) is 2.39. The minimum atomic E-state index is -0.464. The van der Waals surface area contributed by atoms with Crippen molar-refractivity contribution >= 4 is 23.6 Å². The maximum absolute atomic E-state index is 13.9.